The van der Waals surface area contributed by atoms with Crippen LogP contribution >= 0.6 is 27.0 Å². The van der Waals surface area contributed by atoms with Crippen molar-refractivity contribution in [1.82, 2.24) is 20.6 Å². The number of nitrogens with two attached hydrogens (primary N) is 1. The topological polar surface area (TPSA) is 242 Å². The number of carbonyl (C=O) groups is 3. The second-order valence-electron chi connectivity index (χ2n) is 9.88. The Balaban J connectivity index is 1.81. The van der Waals surface area contributed by atoms with E-state index in [1.54, 1.807) is 6.07 Å². The van der Waals surface area contributed by atoms with Crippen molar-refractivity contribution in [2.45, 2.75) is 41.4 Å². The lowest BCUT2D eigenvalue weighted by Gasteiger charge is -2.23. The van der Waals surface area contributed by atoms with E-state index in [1.165, 1.54) is 12.4 Å². The maximum atomic E-state index is 14.1. The Hall–Kier alpha value is -3.70. The molecule has 1 aromatic heterocycles. The van der Waals surface area contributed by atoms with Gasteiger partial charge in [-0.15, -0.1) is 0 Å². The third-order valence-corrected chi connectivity index (χ3v) is 9.26. The van der Waals surface area contributed by atoms with Gasteiger partial charge in [0.1, 0.15) is 12.1 Å². The van der Waals surface area contributed by atoms with Gasteiger partial charge in [0.05, 0.1) is 5.75 Å². The molecule has 0 spiro atoms. The van der Waals surface area contributed by atoms with Gasteiger partial charge in [-0.3, -0.25) is 23.5 Å². The Morgan fingerprint density at radius 1 is 0.766 bits per heavy atom. The first-order valence-corrected chi connectivity index (χ1v) is 17.3. The molecule has 21 heteroatoms. The van der Waals surface area contributed by atoms with Crippen LogP contribution in [0.25, 0.3) is 0 Å². The molecule has 0 aliphatic rings. The quantitative estimate of drug-likeness (QED) is 0.0515. The van der Waals surface area contributed by atoms with E-state index < -0.39 is 67.5 Å². The van der Waals surface area contributed by atoms with E-state index in [-0.39, 0.29) is 34.9 Å². The van der Waals surface area contributed by atoms with Gasteiger partial charge in [0.2, 0.25) is 17.7 Å². The van der Waals surface area contributed by atoms with Crippen molar-refractivity contribution in [3.8, 4) is 0 Å². The fourth-order valence-corrected chi connectivity index (χ4v) is 5.51. The maximum Gasteiger partial charge on any atom is 0.399 e. The van der Waals surface area contributed by atoms with E-state index in [0.29, 0.717) is 0 Å². The number of nitrogens with one attached hydrogen (secondary N) is 2. The Morgan fingerprint density at radius 3 is 1.60 bits per heavy atom. The molecular formula is C26H27F4N5O9P2S. The number of halogens is 4. The molecule has 2 aromatic carbocycles. The lowest BCUT2D eigenvalue weighted by atomic mass is 10.0. The largest absolute Gasteiger partial charge is 0.399 e. The first-order chi connectivity index (χ1) is 21.7. The summed E-state index contributed by atoms with van der Waals surface area (Å²) < 4.78 is 78.6. The van der Waals surface area contributed by atoms with Crippen molar-refractivity contribution >= 4 is 44.7 Å². The number of amides is 3. The summed E-state index contributed by atoms with van der Waals surface area (Å²) in [5.41, 5.74) is -5.23. The number of aromatic nitrogens is 2. The second kappa shape index (κ2) is 15.0. The van der Waals surface area contributed by atoms with Crippen molar-refractivity contribution in [3.63, 3.8) is 0 Å². The maximum absolute atomic E-state index is 14.1. The zero-order valence-corrected chi connectivity index (χ0v) is 26.3. The summed E-state index contributed by atoms with van der Waals surface area (Å²) in [6, 6.07) is 5.72. The number of thioether (sulfide) groups is 1. The number of primary amides is 1. The highest BCUT2D eigenvalue weighted by Crippen LogP contribution is 2.60. The Labute approximate surface area is 267 Å². The van der Waals surface area contributed by atoms with Gasteiger partial charge in [0, 0.05) is 36.4 Å². The van der Waals surface area contributed by atoms with E-state index in [1.807, 2.05) is 0 Å². The lowest BCUT2D eigenvalue weighted by molar-refractivity contribution is -0.130. The predicted octanol–water partition coefficient (Wildman–Crippen LogP) is 1.96. The van der Waals surface area contributed by atoms with Gasteiger partial charge in [0.25, 0.3) is 0 Å². The van der Waals surface area contributed by atoms with Gasteiger partial charge in [-0.1, -0.05) is 60.3 Å². The molecule has 2 unspecified atom stereocenters. The van der Waals surface area contributed by atoms with Crippen LogP contribution in [-0.4, -0.2) is 65.1 Å². The number of hydrogen-bond donors (Lipinski definition) is 7. The van der Waals surface area contributed by atoms with E-state index in [4.69, 9.17) is 25.3 Å². The molecule has 3 aromatic rings. The van der Waals surface area contributed by atoms with E-state index in [9.17, 15) is 41.1 Å². The number of rotatable bonds is 15. The molecule has 0 saturated carbocycles. The molecule has 8 N–H and O–H groups in total. The third-order valence-electron chi connectivity index (χ3n) is 6.40. The average Bonchev–Trinajstić information content (AvgIpc) is 2.99. The number of alkyl halides is 4. The van der Waals surface area contributed by atoms with Gasteiger partial charge in [0.15, 0.2) is 5.16 Å². The summed E-state index contributed by atoms with van der Waals surface area (Å²) in [4.78, 5) is 82.0. The number of carbonyl (C=O) groups excluding carboxylic acids is 3. The Morgan fingerprint density at radius 2 is 1.19 bits per heavy atom. The van der Waals surface area contributed by atoms with Crippen LogP contribution < -0.4 is 16.4 Å². The first kappa shape index (κ1) is 37.8. The summed E-state index contributed by atoms with van der Waals surface area (Å²) in [5.74, 6) is -3.03. The molecule has 3 rings (SSSR count). The highest BCUT2D eigenvalue weighted by molar-refractivity contribution is 7.99. The highest BCUT2D eigenvalue weighted by atomic mass is 32.2. The Bertz CT molecular complexity index is 1680. The van der Waals surface area contributed by atoms with Crippen LogP contribution in [0, 0.1) is 0 Å². The van der Waals surface area contributed by atoms with Gasteiger partial charge in [-0.2, -0.15) is 17.6 Å². The van der Waals surface area contributed by atoms with E-state index in [2.05, 4.69) is 20.6 Å². The summed E-state index contributed by atoms with van der Waals surface area (Å²) in [7, 11) is -11.7. The van der Waals surface area contributed by atoms with Gasteiger partial charge in [-0.05, 0) is 17.2 Å². The van der Waals surface area contributed by atoms with Gasteiger partial charge < -0.3 is 35.9 Å². The van der Waals surface area contributed by atoms with Crippen molar-refractivity contribution in [1.29, 1.82) is 0 Å². The first-order valence-electron chi connectivity index (χ1n) is 13.1. The van der Waals surface area contributed by atoms with Crippen molar-refractivity contribution in [2.75, 3.05) is 5.75 Å². The van der Waals surface area contributed by atoms with Crippen LogP contribution in [0.1, 0.15) is 22.3 Å². The highest BCUT2D eigenvalue weighted by Gasteiger charge is 2.51. The van der Waals surface area contributed by atoms with Gasteiger partial charge >= 0.3 is 26.5 Å². The minimum atomic E-state index is -5.86. The van der Waals surface area contributed by atoms with E-state index >= 15 is 0 Å². The number of benzene rings is 2. The normalized spacial score (nSPS) is 13.8. The van der Waals surface area contributed by atoms with Crippen molar-refractivity contribution in [3.05, 3.63) is 89.2 Å². The summed E-state index contributed by atoms with van der Waals surface area (Å²) in [6.45, 7) is 0. The van der Waals surface area contributed by atoms with Crippen molar-refractivity contribution in [2.24, 2.45) is 5.73 Å². The van der Waals surface area contributed by atoms with E-state index in [0.717, 1.165) is 60.3 Å². The number of nitrogens with zero attached hydrogens (tertiary/aromatic N) is 2. The summed E-state index contributed by atoms with van der Waals surface area (Å²) in [5, 5.41) is 5.01. The van der Waals surface area contributed by atoms with Crippen LogP contribution in [0.2, 0.25) is 0 Å². The summed E-state index contributed by atoms with van der Waals surface area (Å²) >= 11 is 0.921. The zero-order valence-electron chi connectivity index (χ0n) is 23.7. The van der Waals surface area contributed by atoms with Crippen LogP contribution in [0.4, 0.5) is 17.6 Å². The molecule has 0 bridgehead atoms. The lowest BCUT2D eigenvalue weighted by Crippen LogP contribution is -2.54. The summed E-state index contributed by atoms with van der Waals surface area (Å²) in [6.07, 6.45) is 2.15. The molecular weight excluding hydrogens is 696 g/mol. The zero-order chi connectivity index (χ0) is 35.2. The third kappa shape index (κ3) is 9.90. The SMILES string of the molecule is NC(=O)C(Cc1ccc(C(F)(F)P(=O)(O)O)cc1)NC(=O)C(Cc1ccc(C(F)(F)P(=O)(O)O)cc1)NC(=O)CSc1ncccn1. The monoisotopic (exact) mass is 723 g/mol. The van der Waals surface area contributed by atoms with Crippen LogP contribution in [0.15, 0.2) is 72.1 Å². The molecule has 2 atom stereocenters. The van der Waals surface area contributed by atoms with Crippen LogP contribution in [0.3, 0.4) is 0 Å². The molecule has 1 heterocycles. The molecule has 0 aliphatic heterocycles. The smallest absolute Gasteiger partial charge is 0.368 e. The van der Waals surface area contributed by atoms with Crippen molar-refractivity contribution < 1.29 is 60.6 Å². The van der Waals surface area contributed by atoms with Crippen LogP contribution in [-0.2, 0) is 47.7 Å². The fourth-order valence-electron chi connectivity index (χ4n) is 3.92. The van der Waals surface area contributed by atoms with Crippen LogP contribution in [0.5, 0.6) is 0 Å². The molecule has 0 radical (unpaired) electrons. The standard InChI is InChI=1S/C26H27F4N5O9P2S/c27-25(28,45(39,40)41)17-6-2-15(3-7-17)12-19(22(31)37)35-23(38)20(34-21(36)14-47-24-32-10-1-11-33-24)13-16-4-8-18(9-5-16)26(29,30)46(42,43)44/h1-11,19-20H,12-14H2,(H2,31,37)(H,34,36)(H,35,38)(H2,39,40,41)(H2,42,43,44). The molecule has 254 valence electrons. The fraction of sp³-hybridized carbons (Fsp3) is 0.269. The molecule has 0 aliphatic carbocycles. The minimum absolute atomic E-state index is 0.154. The number of hydrogen-bond acceptors (Lipinski definition) is 8. The van der Waals surface area contributed by atoms with Gasteiger partial charge in [-0.25, -0.2) is 9.97 Å². The molecule has 3 amide bonds. The molecule has 14 nitrogen and oxygen atoms in total. The Kier molecular flexibility index (Phi) is 12.1. The molecule has 47 heavy (non-hydrogen) atoms. The average molecular weight is 724 g/mol. The molecule has 0 saturated heterocycles. The minimum Gasteiger partial charge on any atom is -0.368 e. The predicted molar refractivity (Wildman–Crippen MR) is 158 cm³/mol. The second-order valence-corrected chi connectivity index (χ2v) is 14.1. The molecule has 0 fully saturated rings.